The molecule has 0 fully saturated rings. The zero-order chi connectivity index (χ0) is 14.1. The van der Waals surface area contributed by atoms with Crippen molar-refractivity contribution in [2.45, 2.75) is 55.2 Å². The van der Waals surface area contributed by atoms with Crippen molar-refractivity contribution in [1.29, 1.82) is 0 Å². The van der Waals surface area contributed by atoms with Crippen LogP contribution in [0.25, 0.3) is 0 Å². The zero-order valence-corrected chi connectivity index (χ0v) is 13.6. The minimum absolute atomic E-state index is 0.815. The van der Waals surface area contributed by atoms with Gasteiger partial charge in [0.1, 0.15) is 0 Å². The van der Waals surface area contributed by atoms with Gasteiger partial charge >= 0.3 is 79.3 Å². The first-order chi connectivity index (χ1) is 7.95. The standard InChI is InChI=1S/C3H4O4.4C2H5.2Al/c4-2(5)1-3(6)7;4*1-2;;/h1H2,(H,4,5)(H,6,7);4*1H2,2H3;;/q;;;;;2*+1/p-2. The number of carbonyl (C=O) groups excluding carboxylic acids is 2. The van der Waals surface area contributed by atoms with E-state index in [4.69, 9.17) is 0 Å². The van der Waals surface area contributed by atoms with E-state index in [2.05, 4.69) is 27.7 Å². The summed E-state index contributed by atoms with van der Waals surface area (Å²) in [6.07, 6.45) is -1.03. The number of carboxylic acids is 2. The Morgan fingerprint density at radius 1 is 0.765 bits per heavy atom. The number of carboxylic acid groups (broad SMARTS) is 2. The van der Waals surface area contributed by atoms with Gasteiger partial charge in [0.15, 0.2) is 0 Å². The second-order valence-corrected chi connectivity index (χ2v) is 7.55. The van der Waals surface area contributed by atoms with Gasteiger partial charge in [0.2, 0.25) is 0 Å². The van der Waals surface area contributed by atoms with Crippen LogP contribution in [0.15, 0.2) is 0 Å². The Morgan fingerprint density at radius 3 is 1.00 bits per heavy atom. The van der Waals surface area contributed by atoms with Crippen LogP contribution in [0.3, 0.4) is 0 Å². The van der Waals surface area contributed by atoms with Crippen LogP contribution in [0.2, 0.25) is 21.1 Å². The zero-order valence-electron chi connectivity index (χ0n) is 11.3. The third kappa shape index (κ3) is 49.0. The van der Waals surface area contributed by atoms with E-state index >= 15 is 0 Å². The van der Waals surface area contributed by atoms with Crippen LogP contribution in [0.1, 0.15) is 34.1 Å². The van der Waals surface area contributed by atoms with Crippen molar-refractivity contribution < 1.29 is 19.8 Å². The average molecular weight is 272 g/mol. The normalized spacial score (nSPS) is 7.29. The van der Waals surface area contributed by atoms with Crippen LogP contribution in [0, 0.1) is 0 Å². The molecule has 6 heteroatoms. The number of carbonyl (C=O) groups is 2. The summed E-state index contributed by atoms with van der Waals surface area (Å²) in [5.74, 6) is -3.25. The summed E-state index contributed by atoms with van der Waals surface area (Å²) in [6, 6.07) is 0. The molecule has 0 aromatic heterocycles. The Hall–Kier alpha value is 0.00494. The van der Waals surface area contributed by atoms with Gasteiger partial charge < -0.3 is 19.8 Å². The summed E-state index contributed by atoms with van der Waals surface area (Å²) < 4.78 is 0. The van der Waals surface area contributed by atoms with Crippen molar-refractivity contribution >= 4 is 42.4 Å². The van der Waals surface area contributed by atoms with E-state index in [0.717, 1.165) is 30.4 Å². The predicted molar refractivity (Wildman–Crippen MR) is 68.1 cm³/mol. The Labute approximate surface area is 117 Å². The average Bonchev–Trinajstić information content (AvgIpc) is 2.19. The second-order valence-electron chi connectivity index (χ2n) is 3.13. The molecule has 0 saturated carbocycles. The van der Waals surface area contributed by atoms with Crippen LogP contribution in [-0.4, -0.2) is 42.4 Å². The molecule has 0 radical (unpaired) electrons. The van der Waals surface area contributed by atoms with Gasteiger partial charge in [-0.15, -0.1) is 0 Å². The van der Waals surface area contributed by atoms with Crippen molar-refractivity contribution in [3.05, 3.63) is 0 Å². The number of hydrogen-bond acceptors (Lipinski definition) is 4. The molecule has 4 nitrogen and oxygen atoms in total. The first-order valence-electron chi connectivity index (χ1n) is 5.99. The van der Waals surface area contributed by atoms with Gasteiger partial charge in [0.05, 0.1) is 0 Å². The van der Waals surface area contributed by atoms with E-state index in [0.29, 0.717) is 0 Å². The van der Waals surface area contributed by atoms with Crippen molar-refractivity contribution in [1.82, 2.24) is 0 Å². The molecule has 0 aliphatic carbocycles. The fraction of sp³-hybridized carbons (Fsp3) is 0.818. The van der Waals surface area contributed by atoms with Crippen LogP contribution < -0.4 is 10.2 Å². The summed E-state index contributed by atoms with van der Waals surface area (Å²) in [7, 11) is 0. The quantitative estimate of drug-likeness (QED) is 0.504. The molecule has 0 spiro atoms. The molecule has 0 aliphatic rings. The Morgan fingerprint density at radius 2 is 1.00 bits per heavy atom. The molecular formula is C11H22Al2O4. The number of aliphatic carboxylic acids is 2. The molecule has 0 bridgehead atoms. The summed E-state index contributed by atoms with van der Waals surface area (Å²) >= 11 is 1.63. The molecule has 96 valence electrons. The third-order valence-corrected chi connectivity index (χ3v) is 3.75. The molecule has 0 aromatic rings. The van der Waals surface area contributed by atoms with Crippen molar-refractivity contribution in [2.75, 3.05) is 0 Å². The summed E-state index contributed by atoms with van der Waals surface area (Å²) in [5.41, 5.74) is 0. The van der Waals surface area contributed by atoms with Gasteiger partial charge in [-0.1, -0.05) is 0 Å². The van der Waals surface area contributed by atoms with Crippen molar-refractivity contribution in [3.63, 3.8) is 0 Å². The van der Waals surface area contributed by atoms with Crippen molar-refractivity contribution in [2.24, 2.45) is 0 Å². The summed E-state index contributed by atoms with van der Waals surface area (Å²) in [5, 5.41) is 24.3. The number of hydrogen-bond donors (Lipinski definition) is 0. The molecule has 0 aromatic carbocycles. The molecule has 0 amide bonds. The Bertz CT molecular complexity index is 153. The first-order valence-corrected chi connectivity index (χ1v) is 9.25. The third-order valence-electron chi connectivity index (χ3n) is 1.44. The van der Waals surface area contributed by atoms with Crippen molar-refractivity contribution in [3.8, 4) is 0 Å². The van der Waals surface area contributed by atoms with Crippen LogP contribution in [0.4, 0.5) is 0 Å². The topological polar surface area (TPSA) is 80.3 Å². The van der Waals surface area contributed by atoms with Gasteiger partial charge in [0.25, 0.3) is 0 Å². The summed E-state index contributed by atoms with van der Waals surface area (Å²) in [6.45, 7) is 9.00. The van der Waals surface area contributed by atoms with Gasteiger partial charge in [-0.25, -0.2) is 0 Å². The second kappa shape index (κ2) is 21.3. The Balaban J connectivity index is -0.000000177. The molecular weight excluding hydrogens is 250 g/mol. The molecule has 0 saturated heterocycles. The SMILES string of the molecule is C[CH2][Al+][CH2]C.C[CH2][Al+][CH2]C.O=C([O-])CC(=O)[O-]. The predicted octanol–water partition coefficient (Wildman–Crippen LogP) is 0.0103. The van der Waals surface area contributed by atoms with E-state index in [-0.39, 0.29) is 0 Å². The monoisotopic (exact) mass is 272 g/mol. The van der Waals surface area contributed by atoms with E-state index in [1.807, 2.05) is 0 Å². The van der Waals surface area contributed by atoms with E-state index < -0.39 is 18.4 Å². The van der Waals surface area contributed by atoms with E-state index in [9.17, 15) is 19.8 Å². The minimum Gasteiger partial charge on any atom is -0.550 e. The molecule has 0 unspecified atom stereocenters. The smallest absolute Gasteiger partial charge is 0.0470 e. The summed E-state index contributed by atoms with van der Waals surface area (Å²) in [4.78, 5) is 18.6. The van der Waals surface area contributed by atoms with Crippen LogP contribution in [0.5, 0.6) is 0 Å². The maximum absolute atomic E-state index is 9.28. The molecule has 17 heavy (non-hydrogen) atoms. The molecule has 0 atom stereocenters. The van der Waals surface area contributed by atoms with Gasteiger partial charge in [-0.2, -0.15) is 0 Å². The first kappa shape index (κ1) is 22.2. The number of rotatable bonds is 6. The van der Waals surface area contributed by atoms with Gasteiger partial charge in [0, 0.05) is 18.4 Å². The fourth-order valence-corrected chi connectivity index (χ4v) is 1.85. The molecule has 0 aliphatic heterocycles. The fourth-order valence-electron chi connectivity index (χ4n) is 0.695. The van der Waals surface area contributed by atoms with Gasteiger partial charge in [-0.3, -0.25) is 0 Å². The molecule has 0 N–H and O–H groups in total. The maximum Gasteiger partial charge on any atom is 0.0470 e. The molecule has 0 rings (SSSR count). The van der Waals surface area contributed by atoms with Crippen LogP contribution in [-0.2, 0) is 9.59 Å². The van der Waals surface area contributed by atoms with Crippen LogP contribution >= 0.6 is 0 Å². The largest absolute Gasteiger partial charge is 0.550 e. The molecule has 0 heterocycles. The maximum atomic E-state index is 9.28. The van der Waals surface area contributed by atoms with E-state index in [1.165, 1.54) is 21.1 Å². The Kier molecular flexibility index (Phi) is 27.8. The van der Waals surface area contributed by atoms with Gasteiger partial charge in [-0.05, 0) is 0 Å². The van der Waals surface area contributed by atoms with E-state index in [1.54, 1.807) is 0 Å². The minimum atomic E-state index is -1.63.